The van der Waals surface area contributed by atoms with Gasteiger partial charge >= 0.3 is 0 Å². The highest BCUT2D eigenvalue weighted by molar-refractivity contribution is 6.10. The van der Waals surface area contributed by atoms with Gasteiger partial charge in [-0.1, -0.05) is 50.3 Å². The number of allylic oxidation sites excluding steroid dienone is 1. The van der Waals surface area contributed by atoms with Gasteiger partial charge in [0.25, 0.3) is 5.69 Å². The Kier molecular flexibility index (Phi) is 3.37. The largest absolute Gasteiger partial charge is 0.270 e. The minimum atomic E-state index is -0.385. The summed E-state index contributed by atoms with van der Waals surface area (Å²) >= 11 is 0. The molecule has 4 nitrogen and oxygen atoms in total. The summed E-state index contributed by atoms with van der Waals surface area (Å²) in [6.07, 6.45) is 3.82. The van der Waals surface area contributed by atoms with Crippen LogP contribution in [0.2, 0.25) is 0 Å². The fourth-order valence-corrected chi connectivity index (χ4v) is 2.67. The van der Waals surface area contributed by atoms with Crippen molar-refractivity contribution in [2.75, 3.05) is 0 Å². The van der Waals surface area contributed by atoms with E-state index in [1.165, 1.54) is 11.6 Å². The smallest absolute Gasteiger partial charge is 0.258 e. The van der Waals surface area contributed by atoms with Gasteiger partial charge in [0.1, 0.15) is 0 Å². The maximum Gasteiger partial charge on any atom is 0.270 e. The van der Waals surface area contributed by atoms with Crippen molar-refractivity contribution in [1.82, 2.24) is 0 Å². The normalized spacial score (nSPS) is 15.6. The number of non-ortho nitro benzene ring substituents is 1. The predicted octanol–water partition coefficient (Wildman–Crippen LogP) is 4.67. The highest BCUT2D eigenvalue weighted by atomic mass is 16.6. The van der Waals surface area contributed by atoms with Crippen molar-refractivity contribution >= 4 is 23.2 Å². The molecule has 0 saturated carbocycles. The number of hydrogen-bond acceptors (Lipinski definition) is 3. The molecule has 2 aromatic rings. The molecule has 0 saturated heterocycles. The van der Waals surface area contributed by atoms with Gasteiger partial charge in [-0.3, -0.25) is 15.1 Å². The summed E-state index contributed by atoms with van der Waals surface area (Å²) < 4.78 is 0. The summed E-state index contributed by atoms with van der Waals surface area (Å²) in [5.41, 5.74) is 3.88. The molecule has 0 spiro atoms. The van der Waals surface area contributed by atoms with Crippen molar-refractivity contribution in [1.29, 1.82) is 0 Å². The third-order valence-electron chi connectivity index (χ3n) is 3.97. The highest BCUT2D eigenvalue weighted by Crippen LogP contribution is 2.40. The summed E-state index contributed by atoms with van der Waals surface area (Å²) in [7, 11) is 0. The third kappa shape index (κ3) is 2.44. The molecule has 0 aromatic heterocycles. The maximum atomic E-state index is 10.8. The summed E-state index contributed by atoms with van der Waals surface area (Å²) in [5.74, 6) is 0. The average molecular weight is 292 g/mol. The van der Waals surface area contributed by atoms with Gasteiger partial charge in [-0.05, 0) is 23.3 Å². The topological polar surface area (TPSA) is 55.5 Å². The summed E-state index contributed by atoms with van der Waals surface area (Å²) in [6, 6.07) is 14.7. The van der Waals surface area contributed by atoms with Gasteiger partial charge in [0.05, 0.1) is 16.3 Å². The lowest BCUT2D eigenvalue weighted by Gasteiger charge is -2.20. The molecule has 4 heteroatoms. The second-order valence-corrected chi connectivity index (χ2v) is 5.82. The molecule has 1 aliphatic heterocycles. The SMILES string of the molecule is CC1(C)C(C=Cc2cccc([N+](=O)[O-])c2)=Nc2ccccc21. The van der Waals surface area contributed by atoms with Gasteiger partial charge in [0.15, 0.2) is 0 Å². The van der Waals surface area contributed by atoms with Crippen molar-refractivity contribution in [3.63, 3.8) is 0 Å². The Bertz CT molecular complexity index is 804. The van der Waals surface area contributed by atoms with E-state index in [1.807, 2.05) is 36.4 Å². The molecule has 1 heterocycles. The van der Waals surface area contributed by atoms with Crippen LogP contribution in [0.5, 0.6) is 0 Å². The van der Waals surface area contributed by atoms with Crippen LogP contribution in [0.25, 0.3) is 6.08 Å². The first-order chi connectivity index (χ1) is 10.5. The van der Waals surface area contributed by atoms with E-state index in [9.17, 15) is 10.1 Å². The van der Waals surface area contributed by atoms with E-state index in [0.717, 1.165) is 17.0 Å². The molecule has 22 heavy (non-hydrogen) atoms. The predicted molar refractivity (Wildman–Crippen MR) is 88.7 cm³/mol. The first-order valence-corrected chi connectivity index (χ1v) is 7.10. The summed E-state index contributed by atoms with van der Waals surface area (Å²) in [4.78, 5) is 15.1. The number of hydrogen-bond donors (Lipinski definition) is 0. The van der Waals surface area contributed by atoms with Crippen LogP contribution in [-0.2, 0) is 5.41 Å². The standard InChI is InChI=1S/C18H16N2O2/c1-18(2)15-8-3-4-9-16(15)19-17(18)11-10-13-6-5-7-14(12-13)20(21)22/h3-12H,1-2H3. The number of nitrogens with zero attached hydrogens (tertiary/aromatic N) is 2. The monoisotopic (exact) mass is 292 g/mol. The number of nitro benzene ring substituents is 1. The van der Waals surface area contributed by atoms with Gasteiger partial charge in [-0.2, -0.15) is 0 Å². The van der Waals surface area contributed by atoms with E-state index in [2.05, 4.69) is 24.9 Å². The highest BCUT2D eigenvalue weighted by Gasteiger charge is 2.32. The van der Waals surface area contributed by atoms with Crippen LogP contribution in [0, 0.1) is 10.1 Å². The van der Waals surface area contributed by atoms with Gasteiger partial charge in [0.2, 0.25) is 0 Å². The molecule has 3 rings (SSSR count). The van der Waals surface area contributed by atoms with E-state index in [0.29, 0.717) is 0 Å². The molecule has 2 aromatic carbocycles. The number of benzene rings is 2. The van der Waals surface area contributed by atoms with E-state index >= 15 is 0 Å². The lowest BCUT2D eigenvalue weighted by molar-refractivity contribution is -0.384. The lowest BCUT2D eigenvalue weighted by Crippen LogP contribution is -2.23. The molecule has 0 fully saturated rings. The number of para-hydroxylation sites is 1. The Morgan fingerprint density at radius 2 is 1.86 bits per heavy atom. The first kappa shape index (κ1) is 14.2. The average Bonchev–Trinajstić information content (AvgIpc) is 2.77. The molecule has 0 bridgehead atoms. The van der Waals surface area contributed by atoms with Crippen LogP contribution in [0.4, 0.5) is 11.4 Å². The molecular formula is C18H16N2O2. The fraction of sp³-hybridized carbons (Fsp3) is 0.167. The Labute approximate surface area is 129 Å². The van der Waals surface area contributed by atoms with E-state index < -0.39 is 0 Å². The molecule has 0 atom stereocenters. The zero-order valence-electron chi connectivity index (χ0n) is 12.5. The van der Waals surface area contributed by atoms with Crippen molar-refractivity contribution in [3.8, 4) is 0 Å². The van der Waals surface area contributed by atoms with Crippen LogP contribution < -0.4 is 0 Å². The van der Waals surface area contributed by atoms with Crippen LogP contribution >= 0.6 is 0 Å². The zero-order valence-corrected chi connectivity index (χ0v) is 12.5. The van der Waals surface area contributed by atoms with Crippen molar-refractivity contribution < 1.29 is 4.92 Å². The maximum absolute atomic E-state index is 10.8. The number of nitro groups is 1. The van der Waals surface area contributed by atoms with Crippen LogP contribution in [0.15, 0.2) is 59.6 Å². The summed E-state index contributed by atoms with van der Waals surface area (Å²) in [6.45, 7) is 4.27. The summed E-state index contributed by atoms with van der Waals surface area (Å²) in [5, 5.41) is 10.8. The van der Waals surface area contributed by atoms with E-state index in [-0.39, 0.29) is 16.0 Å². The molecule has 0 radical (unpaired) electrons. The van der Waals surface area contributed by atoms with Crippen molar-refractivity contribution in [3.05, 3.63) is 75.8 Å². The van der Waals surface area contributed by atoms with E-state index in [4.69, 9.17) is 0 Å². The Morgan fingerprint density at radius 1 is 1.09 bits per heavy atom. The van der Waals surface area contributed by atoms with E-state index in [1.54, 1.807) is 12.1 Å². The Hall–Kier alpha value is -2.75. The minimum absolute atomic E-state index is 0.0954. The second kappa shape index (κ2) is 5.22. The van der Waals surface area contributed by atoms with Gasteiger partial charge in [0, 0.05) is 17.5 Å². The van der Waals surface area contributed by atoms with Crippen LogP contribution in [-0.4, -0.2) is 10.6 Å². The van der Waals surface area contributed by atoms with Crippen LogP contribution in [0.1, 0.15) is 25.0 Å². The first-order valence-electron chi connectivity index (χ1n) is 7.10. The molecular weight excluding hydrogens is 276 g/mol. The quantitative estimate of drug-likeness (QED) is 0.609. The molecule has 0 N–H and O–H groups in total. The second-order valence-electron chi connectivity index (χ2n) is 5.82. The third-order valence-corrected chi connectivity index (χ3v) is 3.97. The minimum Gasteiger partial charge on any atom is -0.258 e. The zero-order chi connectivity index (χ0) is 15.7. The lowest BCUT2D eigenvalue weighted by atomic mass is 9.81. The number of rotatable bonds is 3. The number of fused-ring (bicyclic) bond motifs is 1. The molecule has 110 valence electrons. The van der Waals surface area contributed by atoms with Crippen molar-refractivity contribution in [2.24, 2.45) is 4.99 Å². The van der Waals surface area contributed by atoms with Gasteiger partial charge in [-0.15, -0.1) is 0 Å². The number of aliphatic imine (C=N–C) groups is 1. The fourth-order valence-electron chi connectivity index (χ4n) is 2.67. The van der Waals surface area contributed by atoms with Gasteiger partial charge < -0.3 is 0 Å². The van der Waals surface area contributed by atoms with Crippen LogP contribution in [0.3, 0.4) is 0 Å². The van der Waals surface area contributed by atoms with Crippen molar-refractivity contribution in [2.45, 2.75) is 19.3 Å². The molecule has 0 amide bonds. The molecule has 0 unspecified atom stereocenters. The molecule has 1 aliphatic rings. The Balaban J connectivity index is 1.91. The Morgan fingerprint density at radius 3 is 2.59 bits per heavy atom. The molecule has 0 aliphatic carbocycles. The van der Waals surface area contributed by atoms with Gasteiger partial charge in [-0.25, -0.2) is 0 Å².